The number of carbonyl (C=O) groups is 1. The highest BCUT2D eigenvalue weighted by Crippen LogP contribution is 2.39. The average molecular weight is 377 g/mol. The van der Waals surface area contributed by atoms with Crippen LogP contribution in [0.25, 0.3) is 22.2 Å². The SMILES string of the molecule is C[C@H]1CCCN1c1cnc2ccc(C(=O)O)c(-c3ccc4c(c3)OCO4)c2n1. The van der Waals surface area contributed by atoms with E-state index in [4.69, 9.17) is 14.5 Å². The molecule has 0 spiro atoms. The number of hydrogen-bond acceptors (Lipinski definition) is 6. The number of fused-ring (bicyclic) bond motifs is 2. The van der Waals surface area contributed by atoms with Gasteiger partial charge in [-0.05, 0) is 49.6 Å². The molecule has 1 aromatic heterocycles. The number of anilines is 1. The van der Waals surface area contributed by atoms with Crippen molar-refractivity contribution < 1.29 is 19.4 Å². The van der Waals surface area contributed by atoms with Gasteiger partial charge in [0.25, 0.3) is 0 Å². The highest BCUT2D eigenvalue weighted by molar-refractivity contribution is 6.05. The van der Waals surface area contributed by atoms with Crippen LogP contribution in [0.15, 0.2) is 36.5 Å². The first-order valence-corrected chi connectivity index (χ1v) is 9.31. The summed E-state index contributed by atoms with van der Waals surface area (Å²) in [6, 6.07) is 9.11. The topological polar surface area (TPSA) is 84.8 Å². The third kappa shape index (κ3) is 2.62. The van der Waals surface area contributed by atoms with Crippen LogP contribution >= 0.6 is 0 Å². The number of rotatable bonds is 3. The Labute approximate surface area is 161 Å². The monoisotopic (exact) mass is 377 g/mol. The van der Waals surface area contributed by atoms with E-state index in [0.717, 1.165) is 25.2 Å². The zero-order chi connectivity index (χ0) is 19.3. The van der Waals surface area contributed by atoms with Crippen LogP contribution in [0.4, 0.5) is 5.82 Å². The lowest BCUT2D eigenvalue weighted by atomic mass is 9.97. The maximum atomic E-state index is 12.0. The molecule has 1 atom stereocenters. The number of carboxylic acids is 1. The Kier molecular flexibility index (Phi) is 3.82. The predicted molar refractivity (Wildman–Crippen MR) is 104 cm³/mol. The summed E-state index contributed by atoms with van der Waals surface area (Å²) in [6.07, 6.45) is 4.00. The fraction of sp³-hybridized carbons (Fsp3) is 0.286. The van der Waals surface area contributed by atoms with Crippen molar-refractivity contribution in [2.45, 2.75) is 25.8 Å². The van der Waals surface area contributed by atoms with E-state index < -0.39 is 5.97 Å². The number of nitrogens with zero attached hydrogens (tertiary/aromatic N) is 3. The van der Waals surface area contributed by atoms with Gasteiger partial charge in [0, 0.05) is 18.2 Å². The molecular weight excluding hydrogens is 358 g/mol. The van der Waals surface area contributed by atoms with E-state index in [2.05, 4.69) is 16.8 Å². The van der Waals surface area contributed by atoms with Crippen molar-refractivity contribution in [3.8, 4) is 22.6 Å². The van der Waals surface area contributed by atoms with Crippen molar-refractivity contribution in [2.75, 3.05) is 18.2 Å². The van der Waals surface area contributed by atoms with Crippen LogP contribution < -0.4 is 14.4 Å². The first kappa shape index (κ1) is 16.8. The lowest BCUT2D eigenvalue weighted by Crippen LogP contribution is -2.27. The fourth-order valence-corrected chi connectivity index (χ4v) is 4.00. The van der Waals surface area contributed by atoms with Gasteiger partial charge in [-0.25, -0.2) is 9.78 Å². The zero-order valence-electron chi connectivity index (χ0n) is 15.4. The third-order valence-corrected chi connectivity index (χ3v) is 5.44. The standard InChI is InChI=1S/C21H19N3O4/c1-12-3-2-8-24(12)18-10-22-15-6-5-14(21(25)26)19(20(15)23-18)13-4-7-16-17(9-13)28-11-27-16/h4-7,9-10,12H,2-3,8,11H2,1H3,(H,25,26)/t12-/m0/s1. The summed E-state index contributed by atoms with van der Waals surface area (Å²) in [6.45, 7) is 3.27. The van der Waals surface area contributed by atoms with Crippen LogP contribution in [0, 0.1) is 0 Å². The number of aromatic nitrogens is 2. The molecule has 2 aliphatic heterocycles. The lowest BCUT2D eigenvalue weighted by Gasteiger charge is -2.22. The van der Waals surface area contributed by atoms with Gasteiger partial charge >= 0.3 is 5.97 Å². The molecule has 142 valence electrons. The van der Waals surface area contributed by atoms with Crippen molar-refractivity contribution in [1.29, 1.82) is 0 Å². The Balaban J connectivity index is 1.74. The predicted octanol–water partition coefficient (Wildman–Crippen LogP) is 3.71. The Morgan fingerprint density at radius 1 is 1.21 bits per heavy atom. The van der Waals surface area contributed by atoms with Gasteiger partial charge in [0.2, 0.25) is 6.79 Å². The van der Waals surface area contributed by atoms with Crippen molar-refractivity contribution in [2.24, 2.45) is 0 Å². The number of ether oxygens (including phenoxy) is 2. The second-order valence-electron chi connectivity index (χ2n) is 7.14. The van der Waals surface area contributed by atoms with E-state index in [9.17, 15) is 9.90 Å². The quantitative estimate of drug-likeness (QED) is 0.745. The molecule has 1 saturated heterocycles. The average Bonchev–Trinajstić information content (AvgIpc) is 3.34. The van der Waals surface area contributed by atoms with Crippen LogP contribution in [-0.4, -0.2) is 40.4 Å². The molecule has 2 aromatic carbocycles. The molecule has 0 bridgehead atoms. The summed E-state index contributed by atoms with van der Waals surface area (Å²) in [4.78, 5) is 23.6. The van der Waals surface area contributed by atoms with Gasteiger partial charge in [0.1, 0.15) is 5.82 Å². The van der Waals surface area contributed by atoms with Crippen molar-refractivity contribution >= 4 is 22.8 Å². The summed E-state index contributed by atoms with van der Waals surface area (Å²) in [5.74, 6) is 1.03. The molecule has 1 fully saturated rings. The second kappa shape index (κ2) is 6.37. The van der Waals surface area contributed by atoms with Crippen LogP contribution in [0.3, 0.4) is 0 Å². The minimum absolute atomic E-state index is 0.164. The minimum Gasteiger partial charge on any atom is -0.478 e. The van der Waals surface area contributed by atoms with Crippen molar-refractivity contribution in [3.05, 3.63) is 42.1 Å². The van der Waals surface area contributed by atoms with E-state index in [1.165, 1.54) is 0 Å². The maximum Gasteiger partial charge on any atom is 0.336 e. The van der Waals surface area contributed by atoms with Gasteiger partial charge in [-0.3, -0.25) is 4.98 Å². The van der Waals surface area contributed by atoms with Crippen LogP contribution in [0.1, 0.15) is 30.1 Å². The van der Waals surface area contributed by atoms with Crippen LogP contribution in [-0.2, 0) is 0 Å². The highest BCUT2D eigenvalue weighted by atomic mass is 16.7. The summed E-state index contributed by atoms with van der Waals surface area (Å²) >= 11 is 0. The van der Waals surface area contributed by atoms with E-state index in [-0.39, 0.29) is 12.4 Å². The Hall–Kier alpha value is -3.35. The van der Waals surface area contributed by atoms with Crippen molar-refractivity contribution in [3.63, 3.8) is 0 Å². The summed E-state index contributed by atoms with van der Waals surface area (Å²) < 4.78 is 10.9. The number of aromatic carboxylic acids is 1. The molecule has 2 aliphatic rings. The maximum absolute atomic E-state index is 12.0. The molecule has 7 nitrogen and oxygen atoms in total. The molecule has 3 heterocycles. The molecule has 7 heteroatoms. The molecular formula is C21H19N3O4. The Morgan fingerprint density at radius 3 is 2.86 bits per heavy atom. The largest absolute Gasteiger partial charge is 0.478 e. The van der Waals surface area contributed by atoms with Gasteiger partial charge in [0.05, 0.1) is 22.8 Å². The summed E-state index contributed by atoms with van der Waals surface area (Å²) in [5.41, 5.74) is 2.69. The first-order chi connectivity index (χ1) is 13.6. The Bertz CT molecular complexity index is 1100. The molecule has 5 rings (SSSR count). The zero-order valence-corrected chi connectivity index (χ0v) is 15.4. The second-order valence-corrected chi connectivity index (χ2v) is 7.14. The van der Waals surface area contributed by atoms with Gasteiger partial charge in [-0.1, -0.05) is 6.07 Å². The van der Waals surface area contributed by atoms with Gasteiger partial charge in [-0.15, -0.1) is 0 Å². The summed E-state index contributed by atoms with van der Waals surface area (Å²) in [5, 5.41) is 9.79. The summed E-state index contributed by atoms with van der Waals surface area (Å²) in [7, 11) is 0. The smallest absolute Gasteiger partial charge is 0.336 e. The molecule has 3 aromatic rings. The molecule has 0 aliphatic carbocycles. The number of carboxylic acid groups (broad SMARTS) is 1. The van der Waals surface area contributed by atoms with Crippen LogP contribution in [0.2, 0.25) is 0 Å². The Morgan fingerprint density at radius 2 is 2.07 bits per heavy atom. The molecule has 0 unspecified atom stereocenters. The normalized spacial score (nSPS) is 18.0. The number of hydrogen-bond donors (Lipinski definition) is 1. The number of benzene rings is 2. The molecule has 0 radical (unpaired) electrons. The van der Waals surface area contributed by atoms with Gasteiger partial charge in [0.15, 0.2) is 11.5 Å². The first-order valence-electron chi connectivity index (χ1n) is 9.31. The van der Waals surface area contributed by atoms with E-state index in [0.29, 0.717) is 39.7 Å². The highest BCUT2D eigenvalue weighted by Gasteiger charge is 2.24. The lowest BCUT2D eigenvalue weighted by molar-refractivity contribution is 0.0698. The van der Waals surface area contributed by atoms with E-state index >= 15 is 0 Å². The van der Waals surface area contributed by atoms with E-state index in [1.807, 2.05) is 6.07 Å². The molecule has 0 saturated carbocycles. The molecule has 1 N–H and O–H groups in total. The molecule has 28 heavy (non-hydrogen) atoms. The fourth-order valence-electron chi connectivity index (χ4n) is 4.00. The van der Waals surface area contributed by atoms with Crippen LogP contribution in [0.5, 0.6) is 11.5 Å². The third-order valence-electron chi connectivity index (χ3n) is 5.44. The minimum atomic E-state index is -1.00. The van der Waals surface area contributed by atoms with Crippen molar-refractivity contribution in [1.82, 2.24) is 9.97 Å². The van der Waals surface area contributed by atoms with Gasteiger partial charge in [-0.2, -0.15) is 0 Å². The van der Waals surface area contributed by atoms with E-state index in [1.54, 1.807) is 30.5 Å². The molecule has 0 amide bonds. The van der Waals surface area contributed by atoms with Gasteiger partial charge < -0.3 is 19.5 Å².